The van der Waals surface area contributed by atoms with Gasteiger partial charge in [-0.05, 0) is 42.0 Å². The first-order valence-electron chi connectivity index (χ1n) is 7.76. The number of nitrogens with zero attached hydrogens (tertiary/aromatic N) is 2. The van der Waals surface area contributed by atoms with Gasteiger partial charge in [-0.25, -0.2) is 4.39 Å². The zero-order valence-corrected chi connectivity index (χ0v) is 13.1. The van der Waals surface area contributed by atoms with Gasteiger partial charge in [0.1, 0.15) is 11.6 Å². The van der Waals surface area contributed by atoms with Crippen molar-refractivity contribution in [1.29, 1.82) is 0 Å². The Hall–Kier alpha value is -2.79. The molecule has 0 saturated carbocycles. The second-order valence-corrected chi connectivity index (χ2v) is 5.54. The van der Waals surface area contributed by atoms with Crippen molar-refractivity contribution in [2.24, 2.45) is 0 Å². The predicted molar refractivity (Wildman–Crippen MR) is 92.1 cm³/mol. The van der Waals surface area contributed by atoms with Crippen molar-refractivity contribution in [3.05, 3.63) is 78.1 Å². The smallest absolute Gasteiger partial charge is 0.148 e. The minimum atomic E-state index is -0.508. The van der Waals surface area contributed by atoms with E-state index in [4.69, 9.17) is 0 Å². The molecule has 0 aliphatic heterocycles. The molecule has 3 rings (SSSR count). The SMILES string of the molecule is OC(CNc1ccc(-c2ccc(F)cc2)nn1)Cc1ccccc1. The Balaban J connectivity index is 1.55. The van der Waals surface area contributed by atoms with E-state index in [2.05, 4.69) is 15.5 Å². The lowest BCUT2D eigenvalue weighted by atomic mass is 10.1. The molecule has 0 fully saturated rings. The number of aromatic nitrogens is 2. The fourth-order valence-electron chi connectivity index (χ4n) is 2.38. The molecule has 0 spiro atoms. The minimum absolute atomic E-state index is 0.280. The number of aliphatic hydroxyl groups is 1. The average Bonchev–Trinajstić information content (AvgIpc) is 2.62. The van der Waals surface area contributed by atoms with Crippen LogP contribution >= 0.6 is 0 Å². The standard InChI is InChI=1S/C19H18FN3O/c20-16-8-6-15(7-9-16)18-10-11-19(23-22-18)21-13-17(24)12-14-4-2-1-3-5-14/h1-11,17,24H,12-13H2,(H,21,23). The highest BCUT2D eigenvalue weighted by molar-refractivity contribution is 5.59. The Bertz CT molecular complexity index is 761. The van der Waals surface area contributed by atoms with E-state index in [0.29, 0.717) is 24.5 Å². The van der Waals surface area contributed by atoms with Crippen molar-refractivity contribution >= 4 is 5.82 Å². The van der Waals surface area contributed by atoms with E-state index >= 15 is 0 Å². The molecule has 4 nitrogen and oxygen atoms in total. The van der Waals surface area contributed by atoms with Crippen LogP contribution in [0.2, 0.25) is 0 Å². The summed E-state index contributed by atoms with van der Waals surface area (Å²) < 4.78 is 12.9. The number of rotatable bonds is 6. The molecule has 1 heterocycles. The molecule has 1 unspecified atom stereocenters. The molecule has 24 heavy (non-hydrogen) atoms. The lowest BCUT2D eigenvalue weighted by Crippen LogP contribution is -2.22. The van der Waals surface area contributed by atoms with Gasteiger partial charge in [-0.15, -0.1) is 10.2 Å². The quantitative estimate of drug-likeness (QED) is 0.731. The Kier molecular flexibility index (Phi) is 5.13. The van der Waals surface area contributed by atoms with Gasteiger partial charge in [-0.2, -0.15) is 0 Å². The summed E-state index contributed by atoms with van der Waals surface area (Å²) in [5, 5.41) is 21.4. The normalized spacial score (nSPS) is 11.9. The van der Waals surface area contributed by atoms with Crippen LogP contribution in [-0.4, -0.2) is 28.0 Å². The molecule has 122 valence electrons. The molecule has 2 aromatic carbocycles. The average molecular weight is 323 g/mol. The molecule has 2 N–H and O–H groups in total. The van der Waals surface area contributed by atoms with Gasteiger partial charge in [-0.1, -0.05) is 30.3 Å². The van der Waals surface area contributed by atoms with Crippen LogP contribution in [0.25, 0.3) is 11.3 Å². The fourth-order valence-corrected chi connectivity index (χ4v) is 2.38. The molecule has 5 heteroatoms. The van der Waals surface area contributed by atoms with Crippen LogP contribution in [0.15, 0.2) is 66.7 Å². The van der Waals surface area contributed by atoms with E-state index in [0.717, 1.165) is 11.1 Å². The van der Waals surface area contributed by atoms with Crippen molar-refractivity contribution < 1.29 is 9.50 Å². The van der Waals surface area contributed by atoms with Gasteiger partial charge in [0, 0.05) is 18.5 Å². The highest BCUT2D eigenvalue weighted by Crippen LogP contribution is 2.17. The van der Waals surface area contributed by atoms with Crippen molar-refractivity contribution in [1.82, 2.24) is 10.2 Å². The first-order valence-corrected chi connectivity index (χ1v) is 7.76. The Morgan fingerprint density at radius 1 is 0.917 bits per heavy atom. The maximum Gasteiger partial charge on any atom is 0.148 e. The zero-order valence-electron chi connectivity index (χ0n) is 13.1. The topological polar surface area (TPSA) is 58.0 Å². The monoisotopic (exact) mass is 323 g/mol. The molecule has 0 radical (unpaired) electrons. The highest BCUT2D eigenvalue weighted by Gasteiger charge is 2.06. The fraction of sp³-hybridized carbons (Fsp3) is 0.158. The van der Waals surface area contributed by atoms with Gasteiger partial charge in [0.25, 0.3) is 0 Å². The van der Waals surface area contributed by atoms with Gasteiger partial charge >= 0.3 is 0 Å². The molecular formula is C19H18FN3O. The molecule has 1 aromatic heterocycles. The third kappa shape index (κ3) is 4.36. The number of anilines is 1. The lowest BCUT2D eigenvalue weighted by molar-refractivity contribution is 0.188. The summed E-state index contributed by atoms with van der Waals surface area (Å²) in [7, 11) is 0. The molecule has 0 bridgehead atoms. The Morgan fingerprint density at radius 3 is 2.33 bits per heavy atom. The maximum atomic E-state index is 12.9. The van der Waals surface area contributed by atoms with E-state index in [1.54, 1.807) is 18.2 Å². The summed E-state index contributed by atoms with van der Waals surface area (Å²) in [4.78, 5) is 0. The molecule has 3 aromatic rings. The van der Waals surface area contributed by atoms with E-state index < -0.39 is 6.10 Å². The van der Waals surface area contributed by atoms with E-state index in [1.807, 2.05) is 36.4 Å². The minimum Gasteiger partial charge on any atom is -0.391 e. The van der Waals surface area contributed by atoms with Crippen LogP contribution in [0.5, 0.6) is 0 Å². The summed E-state index contributed by atoms with van der Waals surface area (Å²) in [6, 6.07) is 19.5. The third-order valence-corrected chi connectivity index (χ3v) is 3.64. The second-order valence-electron chi connectivity index (χ2n) is 5.54. The summed E-state index contributed by atoms with van der Waals surface area (Å²) in [6.07, 6.45) is 0.0699. The summed E-state index contributed by atoms with van der Waals surface area (Å²) in [6.45, 7) is 0.388. The Labute approximate surface area is 140 Å². The van der Waals surface area contributed by atoms with Crippen molar-refractivity contribution in [2.75, 3.05) is 11.9 Å². The molecule has 1 atom stereocenters. The number of hydrogen-bond donors (Lipinski definition) is 2. The van der Waals surface area contributed by atoms with E-state index in [1.165, 1.54) is 12.1 Å². The van der Waals surface area contributed by atoms with Gasteiger partial charge in [-0.3, -0.25) is 0 Å². The van der Waals surface area contributed by atoms with Crippen LogP contribution in [0.1, 0.15) is 5.56 Å². The lowest BCUT2D eigenvalue weighted by Gasteiger charge is -2.12. The maximum absolute atomic E-state index is 12.9. The molecule has 0 saturated heterocycles. The van der Waals surface area contributed by atoms with Gasteiger partial charge in [0.05, 0.1) is 11.8 Å². The number of aliphatic hydroxyl groups excluding tert-OH is 1. The third-order valence-electron chi connectivity index (χ3n) is 3.64. The van der Waals surface area contributed by atoms with Gasteiger partial charge in [0.2, 0.25) is 0 Å². The molecular weight excluding hydrogens is 305 g/mol. The largest absolute Gasteiger partial charge is 0.391 e. The van der Waals surface area contributed by atoms with Crippen LogP contribution < -0.4 is 5.32 Å². The second kappa shape index (κ2) is 7.66. The van der Waals surface area contributed by atoms with Crippen LogP contribution in [0, 0.1) is 5.82 Å². The van der Waals surface area contributed by atoms with Gasteiger partial charge in [0.15, 0.2) is 0 Å². The number of nitrogens with one attached hydrogen (secondary N) is 1. The van der Waals surface area contributed by atoms with Crippen LogP contribution in [-0.2, 0) is 6.42 Å². The summed E-state index contributed by atoms with van der Waals surface area (Å²) >= 11 is 0. The van der Waals surface area contributed by atoms with Crippen molar-refractivity contribution in [2.45, 2.75) is 12.5 Å². The summed E-state index contributed by atoms with van der Waals surface area (Å²) in [5.41, 5.74) is 2.56. The van der Waals surface area contributed by atoms with E-state index in [9.17, 15) is 9.50 Å². The molecule has 0 amide bonds. The first kappa shape index (κ1) is 16.1. The van der Waals surface area contributed by atoms with Crippen LogP contribution in [0.4, 0.5) is 10.2 Å². The first-order chi connectivity index (χ1) is 11.7. The zero-order chi connectivity index (χ0) is 16.8. The highest BCUT2D eigenvalue weighted by atomic mass is 19.1. The van der Waals surface area contributed by atoms with Crippen LogP contribution in [0.3, 0.4) is 0 Å². The van der Waals surface area contributed by atoms with Crippen molar-refractivity contribution in [3.8, 4) is 11.3 Å². The van der Waals surface area contributed by atoms with Gasteiger partial charge < -0.3 is 10.4 Å². The summed E-state index contributed by atoms with van der Waals surface area (Å²) in [5.74, 6) is 0.311. The van der Waals surface area contributed by atoms with Crippen molar-refractivity contribution in [3.63, 3.8) is 0 Å². The Morgan fingerprint density at radius 2 is 1.67 bits per heavy atom. The number of halogens is 1. The van der Waals surface area contributed by atoms with E-state index in [-0.39, 0.29) is 5.82 Å². The number of hydrogen-bond acceptors (Lipinski definition) is 4. The predicted octanol–water partition coefficient (Wildman–Crippen LogP) is 3.30. The molecule has 0 aliphatic carbocycles. The molecule has 0 aliphatic rings. The number of benzene rings is 2.